The number of benzene rings is 2. The van der Waals surface area contributed by atoms with Crippen molar-refractivity contribution in [2.45, 2.75) is 19.4 Å². The second-order valence-corrected chi connectivity index (χ2v) is 7.37. The average molecular weight is 445 g/mol. The van der Waals surface area contributed by atoms with Crippen molar-refractivity contribution < 1.29 is 18.8 Å². The Hall–Kier alpha value is -4.40. The van der Waals surface area contributed by atoms with Crippen molar-refractivity contribution in [3.05, 3.63) is 84.4 Å². The standard InChI is InChI=1S/C24H20FN5O3/c1-15(31)22-14-21(29-30(22)17-7-3-2-4-8-17)24(33)28-20-13-16(25)10-11-18(20)27-23(32)19-9-5-6-12-26-19/h2-13,22H,14H2,1H3,(H,27,32)(H,28,33). The largest absolute Gasteiger partial charge is 0.319 e. The van der Waals surface area contributed by atoms with Crippen molar-refractivity contribution in [2.75, 3.05) is 15.6 Å². The SMILES string of the molecule is CC(=O)C1CC(C(=O)Nc2cc(F)ccc2NC(=O)c2ccccn2)=NN1c1ccccc1. The molecule has 0 fully saturated rings. The fourth-order valence-corrected chi connectivity index (χ4v) is 3.39. The Bertz CT molecular complexity index is 1230. The molecule has 1 aromatic heterocycles. The zero-order chi connectivity index (χ0) is 23.4. The lowest BCUT2D eigenvalue weighted by Gasteiger charge is -2.20. The highest BCUT2D eigenvalue weighted by Crippen LogP contribution is 2.27. The van der Waals surface area contributed by atoms with E-state index in [1.807, 2.05) is 18.2 Å². The monoisotopic (exact) mass is 445 g/mol. The summed E-state index contributed by atoms with van der Waals surface area (Å²) >= 11 is 0. The number of rotatable bonds is 6. The number of carbonyl (C=O) groups is 3. The molecule has 2 amide bonds. The molecule has 3 aromatic rings. The molecule has 0 saturated carbocycles. The maximum atomic E-state index is 13.9. The maximum Gasteiger partial charge on any atom is 0.274 e. The quantitative estimate of drug-likeness (QED) is 0.603. The zero-order valence-electron chi connectivity index (χ0n) is 17.7. The number of halogens is 1. The Morgan fingerprint density at radius 1 is 0.939 bits per heavy atom. The molecule has 33 heavy (non-hydrogen) atoms. The van der Waals surface area contributed by atoms with Gasteiger partial charge in [0.15, 0.2) is 5.78 Å². The smallest absolute Gasteiger partial charge is 0.274 e. The first-order chi connectivity index (χ1) is 15.9. The minimum absolute atomic E-state index is 0.0597. The summed E-state index contributed by atoms with van der Waals surface area (Å²) in [6.07, 6.45) is 1.57. The van der Waals surface area contributed by atoms with Crippen LogP contribution in [-0.2, 0) is 9.59 Å². The normalized spacial score (nSPS) is 15.0. The van der Waals surface area contributed by atoms with Crippen LogP contribution in [0.5, 0.6) is 0 Å². The van der Waals surface area contributed by atoms with Crippen LogP contribution in [0.1, 0.15) is 23.8 Å². The predicted octanol–water partition coefficient (Wildman–Crippen LogP) is 3.64. The number of aromatic nitrogens is 1. The lowest BCUT2D eigenvalue weighted by Crippen LogP contribution is -2.33. The van der Waals surface area contributed by atoms with E-state index in [-0.39, 0.29) is 35.0 Å². The maximum absolute atomic E-state index is 13.9. The molecule has 0 aliphatic carbocycles. The number of pyridine rings is 1. The van der Waals surface area contributed by atoms with E-state index < -0.39 is 23.7 Å². The number of para-hydroxylation sites is 1. The van der Waals surface area contributed by atoms with E-state index in [1.54, 1.807) is 24.3 Å². The predicted molar refractivity (Wildman–Crippen MR) is 123 cm³/mol. The van der Waals surface area contributed by atoms with Gasteiger partial charge in [-0.3, -0.25) is 24.4 Å². The number of hydrogen-bond acceptors (Lipinski definition) is 6. The van der Waals surface area contributed by atoms with Gasteiger partial charge in [-0.1, -0.05) is 24.3 Å². The molecular formula is C24H20FN5O3. The van der Waals surface area contributed by atoms with Crippen LogP contribution in [0.25, 0.3) is 0 Å². The highest BCUT2D eigenvalue weighted by molar-refractivity contribution is 6.44. The van der Waals surface area contributed by atoms with E-state index in [0.717, 1.165) is 6.07 Å². The number of nitrogens with one attached hydrogen (secondary N) is 2. The summed E-state index contributed by atoms with van der Waals surface area (Å²) in [7, 11) is 0. The zero-order valence-corrected chi connectivity index (χ0v) is 17.7. The van der Waals surface area contributed by atoms with Gasteiger partial charge in [0.05, 0.1) is 17.1 Å². The summed E-state index contributed by atoms with van der Waals surface area (Å²) in [5, 5.41) is 11.1. The van der Waals surface area contributed by atoms with Gasteiger partial charge in [-0.25, -0.2) is 4.39 Å². The Morgan fingerprint density at radius 3 is 2.36 bits per heavy atom. The van der Waals surface area contributed by atoms with Crippen molar-refractivity contribution in [2.24, 2.45) is 5.10 Å². The molecule has 1 aliphatic heterocycles. The minimum Gasteiger partial charge on any atom is -0.319 e. The Balaban J connectivity index is 1.56. The van der Waals surface area contributed by atoms with E-state index in [2.05, 4.69) is 20.7 Å². The summed E-state index contributed by atoms with van der Waals surface area (Å²) in [5.74, 6) is -1.84. The van der Waals surface area contributed by atoms with Crippen LogP contribution in [0.3, 0.4) is 0 Å². The van der Waals surface area contributed by atoms with Crippen LogP contribution in [0.2, 0.25) is 0 Å². The van der Waals surface area contributed by atoms with Gasteiger partial charge in [0.2, 0.25) is 0 Å². The molecule has 1 aliphatic rings. The van der Waals surface area contributed by atoms with Gasteiger partial charge in [-0.2, -0.15) is 5.10 Å². The first-order valence-electron chi connectivity index (χ1n) is 10.2. The summed E-state index contributed by atoms with van der Waals surface area (Å²) < 4.78 is 13.9. The molecule has 2 aromatic carbocycles. The Labute approximate surface area is 189 Å². The van der Waals surface area contributed by atoms with Crippen LogP contribution < -0.4 is 15.6 Å². The van der Waals surface area contributed by atoms with Crippen LogP contribution in [0.15, 0.2) is 78.0 Å². The lowest BCUT2D eigenvalue weighted by molar-refractivity contribution is -0.118. The van der Waals surface area contributed by atoms with E-state index in [1.165, 1.54) is 36.3 Å². The van der Waals surface area contributed by atoms with Gasteiger partial charge in [-0.15, -0.1) is 0 Å². The molecule has 8 nitrogen and oxygen atoms in total. The highest BCUT2D eigenvalue weighted by Gasteiger charge is 2.34. The number of hydrogen-bond donors (Lipinski definition) is 2. The highest BCUT2D eigenvalue weighted by atomic mass is 19.1. The molecule has 0 saturated heterocycles. The molecule has 0 bridgehead atoms. The van der Waals surface area contributed by atoms with Crippen LogP contribution in [0.4, 0.5) is 21.5 Å². The van der Waals surface area contributed by atoms with Gasteiger partial charge in [-0.05, 0) is 49.4 Å². The van der Waals surface area contributed by atoms with E-state index >= 15 is 0 Å². The van der Waals surface area contributed by atoms with E-state index in [4.69, 9.17) is 0 Å². The summed E-state index contributed by atoms with van der Waals surface area (Å²) in [5.41, 5.74) is 1.22. The molecule has 0 spiro atoms. The molecule has 0 radical (unpaired) electrons. The number of nitrogens with zero attached hydrogens (tertiary/aromatic N) is 3. The molecular weight excluding hydrogens is 425 g/mol. The summed E-state index contributed by atoms with van der Waals surface area (Å²) in [6, 6.07) is 16.9. The lowest BCUT2D eigenvalue weighted by atomic mass is 10.1. The molecule has 1 unspecified atom stereocenters. The number of amides is 2. The summed E-state index contributed by atoms with van der Waals surface area (Å²) in [4.78, 5) is 41.6. The second kappa shape index (κ2) is 9.39. The number of anilines is 3. The average Bonchev–Trinajstić information content (AvgIpc) is 3.28. The van der Waals surface area contributed by atoms with Crippen LogP contribution in [-0.4, -0.2) is 34.3 Å². The molecule has 4 rings (SSSR count). The first-order valence-corrected chi connectivity index (χ1v) is 10.2. The molecule has 2 heterocycles. The van der Waals surface area contributed by atoms with Gasteiger partial charge in [0, 0.05) is 12.6 Å². The molecule has 9 heteroatoms. The number of carbonyl (C=O) groups excluding carboxylic acids is 3. The third kappa shape index (κ3) is 4.93. The van der Waals surface area contributed by atoms with Gasteiger partial charge < -0.3 is 10.6 Å². The van der Waals surface area contributed by atoms with Gasteiger partial charge in [0.1, 0.15) is 23.3 Å². The number of Topliss-reactive ketones (excluding diaryl/α,β-unsaturated/α-hetero) is 1. The van der Waals surface area contributed by atoms with Crippen molar-refractivity contribution in [3.8, 4) is 0 Å². The molecule has 1 atom stereocenters. The molecule has 2 N–H and O–H groups in total. The van der Waals surface area contributed by atoms with Gasteiger partial charge >= 0.3 is 0 Å². The first kappa shape index (κ1) is 21.8. The number of hydrazone groups is 1. The fraction of sp³-hybridized carbons (Fsp3) is 0.125. The summed E-state index contributed by atoms with van der Waals surface area (Å²) in [6.45, 7) is 1.44. The van der Waals surface area contributed by atoms with Crippen molar-refractivity contribution in [3.63, 3.8) is 0 Å². The third-order valence-corrected chi connectivity index (χ3v) is 5.04. The van der Waals surface area contributed by atoms with Crippen LogP contribution >= 0.6 is 0 Å². The fourth-order valence-electron chi connectivity index (χ4n) is 3.39. The van der Waals surface area contributed by atoms with Crippen molar-refractivity contribution in [1.82, 2.24) is 4.98 Å². The van der Waals surface area contributed by atoms with Crippen molar-refractivity contribution in [1.29, 1.82) is 0 Å². The van der Waals surface area contributed by atoms with E-state index in [9.17, 15) is 18.8 Å². The Kier molecular flexibility index (Phi) is 6.21. The Morgan fingerprint density at radius 2 is 1.67 bits per heavy atom. The second-order valence-electron chi connectivity index (χ2n) is 7.37. The molecule has 166 valence electrons. The number of ketones is 1. The van der Waals surface area contributed by atoms with E-state index in [0.29, 0.717) is 5.69 Å². The topological polar surface area (TPSA) is 104 Å². The van der Waals surface area contributed by atoms with Crippen molar-refractivity contribution >= 4 is 40.4 Å². The van der Waals surface area contributed by atoms with Crippen LogP contribution in [0, 0.1) is 5.82 Å². The minimum atomic E-state index is -0.621. The van der Waals surface area contributed by atoms with Gasteiger partial charge in [0.25, 0.3) is 11.8 Å². The third-order valence-electron chi connectivity index (χ3n) is 5.04.